The maximum absolute atomic E-state index is 13.3. The minimum atomic E-state index is -3.22. The van der Waals surface area contributed by atoms with Crippen molar-refractivity contribution in [3.8, 4) is 0 Å². The Balaban J connectivity index is 1.68. The Morgan fingerprint density at radius 2 is 1.68 bits per heavy atom. The van der Waals surface area contributed by atoms with Crippen LogP contribution in [0.25, 0.3) is 0 Å². The highest BCUT2D eigenvalue weighted by Gasteiger charge is 2.44. The number of carbonyl (C=O) groups is 1. The molecule has 2 fully saturated rings. The third kappa shape index (κ3) is 4.75. The lowest BCUT2D eigenvalue weighted by Gasteiger charge is -2.40. The van der Waals surface area contributed by atoms with Gasteiger partial charge in [-0.3, -0.25) is 4.79 Å². The van der Waals surface area contributed by atoms with Gasteiger partial charge in [0.05, 0.1) is 11.2 Å². The predicted octanol–water partition coefficient (Wildman–Crippen LogP) is 1.97. The van der Waals surface area contributed by atoms with Gasteiger partial charge in [0.2, 0.25) is 15.9 Å². The molecule has 2 heterocycles. The van der Waals surface area contributed by atoms with E-state index in [2.05, 4.69) is 10.2 Å². The quantitative estimate of drug-likeness (QED) is 0.750. The van der Waals surface area contributed by atoms with Crippen LogP contribution in [0.2, 0.25) is 0 Å². The van der Waals surface area contributed by atoms with Crippen molar-refractivity contribution in [3.63, 3.8) is 0 Å². The molecule has 0 bridgehead atoms. The number of hydrogen-bond acceptors (Lipinski definition) is 4. The van der Waals surface area contributed by atoms with Crippen LogP contribution in [0.4, 0.5) is 0 Å². The molecular weight excluding hydrogens is 374 g/mol. The van der Waals surface area contributed by atoms with E-state index in [-0.39, 0.29) is 11.7 Å². The molecule has 6 nitrogen and oxygen atoms in total. The number of nitrogens with one attached hydrogen (secondary N) is 1. The fraction of sp³-hybridized carbons (Fsp3) is 0.667. The number of likely N-dealkylation sites (tertiary alicyclic amines) is 1. The van der Waals surface area contributed by atoms with Gasteiger partial charge in [-0.2, -0.15) is 0 Å². The van der Waals surface area contributed by atoms with Gasteiger partial charge in [0.1, 0.15) is 0 Å². The van der Waals surface area contributed by atoms with E-state index < -0.39 is 15.4 Å². The molecule has 2 saturated heterocycles. The standard InChI is InChI=1S/C21H33N3O3S/c1-2-28(26,27)24-16-11-21(12-17-24,19-9-5-3-6-10-19)20(25)22-13-18-23-14-7-4-8-15-23/h3,5-6,9-10H,2,4,7-8,11-18H2,1H3,(H,22,25). The fourth-order valence-electron chi connectivity index (χ4n) is 4.41. The van der Waals surface area contributed by atoms with Crippen LogP contribution < -0.4 is 5.32 Å². The van der Waals surface area contributed by atoms with Crippen LogP contribution in [-0.4, -0.2) is 68.6 Å². The number of sulfonamides is 1. The molecule has 0 aliphatic carbocycles. The number of carbonyl (C=O) groups excluding carboxylic acids is 1. The summed E-state index contributed by atoms with van der Waals surface area (Å²) in [6.45, 7) is 6.21. The lowest BCUT2D eigenvalue weighted by molar-refractivity contribution is -0.128. The number of nitrogens with zero attached hydrogens (tertiary/aromatic N) is 2. The van der Waals surface area contributed by atoms with Gasteiger partial charge in [-0.1, -0.05) is 36.8 Å². The van der Waals surface area contributed by atoms with Crippen LogP contribution in [0.3, 0.4) is 0 Å². The smallest absolute Gasteiger partial charge is 0.230 e. The molecule has 0 radical (unpaired) electrons. The lowest BCUT2D eigenvalue weighted by atomic mass is 9.72. The Morgan fingerprint density at radius 3 is 2.29 bits per heavy atom. The minimum Gasteiger partial charge on any atom is -0.354 e. The van der Waals surface area contributed by atoms with E-state index in [1.807, 2.05) is 30.3 Å². The summed E-state index contributed by atoms with van der Waals surface area (Å²) < 4.78 is 26.0. The van der Waals surface area contributed by atoms with Crippen molar-refractivity contribution in [1.82, 2.24) is 14.5 Å². The predicted molar refractivity (Wildman–Crippen MR) is 112 cm³/mol. The highest BCUT2D eigenvalue weighted by molar-refractivity contribution is 7.89. The Hall–Kier alpha value is -1.44. The summed E-state index contributed by atoms with van der Waals surface area (Å²) in [6.07, 6.45) is 4.82. The molecule has 1 amide bonds. The molecule has 0 spiro atoms. The summed E-state index contributed by atoms with van der Waals surface area (Å²) in [5.74, 6) is 0.136. The molecule has 28 heavy (non-hydrogen) atoms. The van der Waals surface area contributed by atoms with Gasteiger partial charge in [-0.05, 0) is 51.3 Å². The van der Waals surface area contributed by atoms with Crippen molar-refractivity contribution < 1.29 is 13.2 Å². The lowest BCUT2D eigenvalue weighted by Crippen LogP contribution is -2.53. The molecule has 0 unspecified atom stereocenters. The van der Waals surface area contributed by atoms with Crippen LogP contribution in [0.5, 0.6) is 0 Å². The van der Waals surface area contributed by atoms with Crippen molar-refractivity contribution in [1.29, 1.82) is 0 Å². The van der Waals surface area contributed by atoms with E-state index in [1.54, 1.807) is 6.92 Å². The largest absolute Gasteiger partial charge is 0.354 e. The van der Waals surface area contributed by atoms with Crippen molar-refractivity contribution in [2.45, 2.75) is 44.4 Å². The Morgan fingerprint density at radius 1 is 1.04 bits per heavy atom. The van der Waals surface area contributed by atoms with E-state index in [4.69, 9.17) is 0 Å². The van der Waals surface area contributed by atoms with Gasteiger partial charge in [0.15, 0.2) is 0 Å². The zero-order valence-electron chi connectivity index (χ0n) is 16.9. The van der Waals surface area contributed by atoms with Gasteiger partial charge < -0.3 is 10.2 Å². The second-order valence-corrected chi connectivity index (χ2v) is 10.2. The van der Waals surface area contributed by atoms with E-state index in [0.717, 1.165) is 25.2 Å². The first kappa shape index (κ1) is 21.3. The molecule has 0 aromatic heterocycles. The first-order valence-electron chi connectivity index (χ1n) is 10.5. The van der Waals surface area contributed by atoms with Crippen LogP contribution in [0.1, 0.15) is 44.6 Å². The first-order valence-corrected chi connectivity index (χ1v) is 12.1. The molecule has 156 valence electrons. The third-order valence-corrected chi connectivity index (χ3v) is 8.14. The summed E-state index contributed by atoms with van der Waals surface area (Å²) in [5, 5.41) is 3.16. The molecule has 1 aromatic rings. The van der Waals surface area contributed by atoms with Gasteiger partial charge in [-0.15, -0.1) is 0 Å². The normalized spacial score (nSPS) is 21.3. The van der Waals surface area contributed by atoms with Crippen LogP contribution in [0, 0.1) is 0 Å². The molecule has 3 rings (SSSR count). The summed E-state index contributed by atoms with van der Waals surface area (Å²) in [5.41, 5.74) is 0.335. The average Bonchev–Trinajstić information content (AvgIpc) is 2.75. The molecule has 2 aliphatic heterocycles. The molecule has 2 aliphatic rings. The topological polar surface area (TPSA) is 69.7 Å². The van der Waals surface area contributed by atoms with Crippen LogP contribution in [0.15, 0.2) is 30.3 Å². The summed E-state index contributed by atoms with van der Waals surface area (Å²) in [7, 11) is -3.22. The summed E-state index contributed by atoms with van der Waals surface area (Å²) >= 11 is 0. The van der Waals surface area contributed by atoms with E-state index >= 15 is 0 Å². The van der Waals surface area contributed by atoms with Gasteiger partial charge in [0.25, 0.3) is 0 Å². The minimum absolute atomic E-state index is 0.0317. The van der Waals surface area contributed by atoms with Crippen molar-refractivity contribution >= 4 is 15.9 Å². The highest BCUT2D eigenvalue weighted by atomic mass is 32.2. The van der Waals surface area contributed by atoms with Gasteiger partial charge >= 0.3 is 0 Å². The Bertz CT molecular complexity index is 737. The van der Waals surface area contributed by atoms with E-state index in [0.29, 0.717) is 32.5 Å². The van der Waals surface area contributed by atoms with Gasteiger partial charge in [0, 0.05) is 26.2 Å². The summed E-state index contributed by atoms with van der Waals surface area (Å²) in [4.78, 5) is 15.7. The van der Waals surface area contributed by atoms with E-state index in [1.165, 1.54) is 23.6 Å². The highest BCUT2D eigenvalue weighted by Crippen LogP contribution is 2.36. The van der Waals surface area contributed by atoms with Crippen molar-refractivity contribution in [2.24, 2.45) is 0 Å². The maximum Gasteiger partial charge on any atom is 0.230 e. The van der Waals surface area contributed by atoms with Crippen LogP contribution >= 0.6 is 0 Å². The fourth-order valence-corrected chi connectivity index (χ4v) is 5.52. The molecule has 0 atom stereocenters. The molecule has 1 N–H and O–H groups in total. The zero-order chi connectivity index (χ0) is 20.0. The molecule has 0 saturated carbocycles. The molecule has 1 aromatic carbocycles. The number of benzene rings is 1. The van der Waals surface area contributed by atoms with E-state index in [9.17, 15) is 13.2 Å². The molecular formula is C21H33N3O3S. The van der Waals surface area contributed by atoms with Crippen LogP contribution in [-0.2, 0) is 20.2 Å². The second-order valence-electron chi connectivity index (χ2n) is 7.91. The first-order chi connectivity index (χ1) is 13.5. The maximum atomic E-state index is 13.3. The Labute approximate surface area is 169 Å². The number of rotatable bonds is 7. The zero-order valence-corrected chi connectivity index (χ0v) is 17.7. The second kappa shape index (κ2) is 9.37. The van der Waals surface area contributed by atoms with Crippen molar-refractivity contribution in [2.75, 3.05) is 45.0 Å². The molecule has 7 heteroatoms. The third-order valence-electron chi connectivity index (χ3n) is 6.26. The SMILES string of the molecule is CCS(=O)(=O)N1CCC(C(=O)NCCN2CCCCC2)(c2ccccc2)CC1. The number of piperidine rings is 2. The van der Waals surface area contributed by atoms with Gasteiger partial charge in [-0.25, -0.2) is 12.7 Å². The average molecular weight is 408 g/mol. The number of amides is 1. The van der Waals surface area contributed by atoms with Crippen molar-refractivity contribution in [3.05, 3.63) is 35.9 Å². The monoisotopic (exact) mass is 407 g/mol. The number of hydrogen-bond donors (Lipinski definition) is 1. The Kier molecular flexibility index (Phi) is 7.12. The summed E-state index contributed by atoms with van der Waals surface area (Å²) in [6, 6.07) is 9.84.